The molecule has 14 heteroatoms. The average Bonchev–Trinajstić information content (AvgIpc) is 3.08. The number of alkyl halides is 3. The van der Waals surface area contributed by atoms with E-state index in [0.29, 0.717) is 36.7 Å². The topological polar surface area (TPSA) is 98.7 Å². The van der Waals surface area contributed by atoms with Gasteiger partial charge in [-0.05, 0) is 68.9 Å². The number of oxime groups is 1. The molecule has 0 radical (unpaired) electrons. The Kier molecular flexibility index (Phi) is 22.2. The summed E-state index contributed by atoms with van der Waals surface area (Å²) in [5.74, 6) is 1.69. The minimum absolute atomic E-state index is 0.135. The van der Waals surface area contributed by atoms with Crippen LogP contribution in [0.2, 0.25) is 0 Å². The zero-order valence-corrected chi connectivity index (χ0v) is 31.6. The van der Waals surface area contributed by atoms with Crippen molar-refractivity contribution in [2.45, 2.75) is 110 Å². The maximum absolute atomic E-state index is 13.7. The third kappa shape index (κ3) is 18.6. The van der Waals surface area contributed by atoms with Crippen molar-refractivity contribution in [3.8, 4) is 11.5 Å². The largest absolute Gasteiger partial charge is 0.493 e. The molecule has 2 rings (SSSR count). The van der Waals surface area contributed by atoms with Crippen LogP contribution in [0.15, 0.2) is 53.7 Å². The van der Waals surface area contributed by atoms with E-state index in [1.165, 1.54) is 43.5 Å². The van der Waals surface area contributed by atoms with Crippen molar-refractivity contribution >= 4 is 27.9 Å². The fourth-order valence-corrected chi connectivity index (χ4v) is 6.29. The number of unbranched alkanes of at least 4 members (excludes halogenated alkanes) is 10. The summed E-state index contributed by atoms with van der Waals surface area (Å²) in [7, 11) is 3.80. The van der Waals surface area contributed by atoms with Crippen LogP contribution in [-0.2, 0) is 30.7 Å². The van der Waals surface area contributed by atoms with E-state index < -0.39 is 34.0 Å². The van der Waals surface area contributed by atoms with Gasteiger partial charge in [0.1, 0.15) is 17.7 Å². The number of halogens is 3. The Morgan fingerprint density at radius 3 is 1.70 bits per heavy atom. The molecule has 0 saturated heterocycles. The van der Waals surface area contributed by atoms with Crippen molar-refractivity contribution in [3.05, 3.63) is 59.7 Å². The van der Waals surface area contributed by atoms with Gasteiger partial charge < -0.3 is 9.47 Å². The van der Waals surface area contributed by atoms with Crippen molar-refractivity contribution in [1.29, 1.82) is 0 Å². The summed E-state index contributed by atoms with van der Waals surface area (Å²) >= 11 is -3.35. The number of nitrogens with zero attached hydrogens (tertiary/aromatic N) is 2. The zero-order chi connectivity index (χ0) is 36.6. The predicted octanol–water partition coefficient (Wildman–Crippen LogP) is 8.95. The molecule has 0 amide bonds. The lowest BCUT2D eigenvalue weighted by molar-refractivity contribution is -0.0596. The maximum atomic E-state index is 13.7. The van der Waals surface area contributed by atoms with Gasteiger partial charge in [0.2, 0.25) is 11.1 Å². The van der Waals surface area contributed by atoms with E-state index in [-0.39, 0.29) is 24.1 Å². The second-order valence-electron chi connectivity index (χ2n) is 12.3. The molecule has 0 heterocycles. The van der Waals surface area contributed by atoms with Gasteiger partial charge >= 0.3 is 6.18 Å². The minimum Gasteiger partial charge on any atom is -0.493 e. The van der Waals surface area contributed by atoms with Crippen molar-refractivity contribution in [2.24, 2.45) is 5.16 Å². The second-order valence-corrected chi connectivity index (χ2v) is 14.6. The quantitative estimate of drug-likeness (QED) is 0.0399. The summed E-state index contributed by atoms with van der Waals surface area (Å²) in [6.45, 7) is 4.95. The van der Waals surface area contributed by atoms with Crippen molar-refractivity contribution in [3.63, 3.8) is 0 Å². The van der Waals surface area contributed by atoms with Crippen LogP contribution in [0.1, 0.15) is 115 Å². The molecule has 3 unspecified atom stereocenters. The van der Waals surface area contributed by atoms with E-state index in [9.17, 15) is 21.6 Å². The second kappa shape index (κ2) is 25.4. The van der Waals surface area contributed by atoms with Crippen LogP contribution < -0.4 is 15.0 Å². The van der Waals surface area contributed by atoms with Gasteiger partial charge in [0.15, 0.2) is 16.8 Å². The summed E-state index contributed by atoms with van der Waals surface area (Å²) in [6, 6.07) is 12.8. The number of ether oxygens (including phenoxy) is 2. The highest BCUT2D eigenvalue weighted by Gasteiger charge is 2.38. The summed E-state index contributed by atoms with van der Waals surface area (Å²) in [5, 5.41) is 3.21. The summed E-state index contributed by atoms with van der Waals surface area (Å²) < 4.78 is 87.0. The van der Waals surface area contributed by atoms with E-state index in [0.717, 1.165) is 56.9 Å². The highest BCUT2D eigenvalue weighted by Crippen LogP contribution is 2.25. The number of rotatable bonds is 28. The Morgan fingerprint density at radius 2 is 1.20 bits per heavy atom. The maximum Gasteiger partial charge on any atom is 0.437 e. The highest BCUT2D eigenvalue weighted by atomic mass is 32.2. The lowest BCUT2D eigenvalue weighted by Crippen LogP contribution is -2.34. The average molecular weight is 748 g/mol. The Bertz CT molecular complexity index is 1270. The van der Waals surface area contributed by atoms with Crippen LogP contribution in [0, 0.1) is 0 Å². The van der Waals surface area contributed by atoms with E-state index in [4.69, 9.17) is 18.0 Å². The molecular formula is C36H56F3N3O6S2. The first-order valence-electron chi connectivity index (χ1n) is 17.7. The molecule has 0 spiro atoms. The summed E-state index contributed by atoms with van der Waals surface area (Å²) in [6.07, 6.45) is 7.95. The lowest BCUT2D eigenvalue weighted by Gasteiger charge is -2.25. The number of hydrogen-bond acceptors (Lipinski definition) is 9. The normalized spacial score (nSPS) is 14.0. The Balaban J connectivity index is 1.75. The molecule has 0 aromatic heterocycles. The fourth-order valence-electron chi connectivity index (χ4n) is 4.89. The Labute approximate surface area is 301 Å². The molecule has 0 aliphatic rings. The molecule has 0 fully saturated rings. The van der Waals surface area contributed by atoms with E-state index >= 15 is 0 Å². The first-order chi connectivity index (χ1) is 24.0. The lowest BCUT2D eigenvalue weighted by atomic mass is 10.1. The van der Waals surface area contributed by atoms with Gasteiger partial charge in [-0.1, -0.05) is 95.3 Å². The molecule has 0 aliphatic heterocycles. The molecule has 9 nitrogen and oxygen atoms in total. The minimum atomic E-state index is -4.78. The Morgan fingerprint density at radius 1 is 0.720 bits per heavy atom. The standard InChI is InChI=1S/C36H56F3N3O6S2/c1-5-7-9-11-13-15-28-49(43)47-40-34(36(37,38)39)30-18-22-32(23-19-30)45-26-17-27-46-33-24-20-31(21-25-33)35(42(3)4)41-48-50(44)29-16-14-12-10-8-6-2/h18-25,35,41H,5-17,26-29H2,1-4H3/b40-34-. The van der Waals surface area contributed by atoms with Gasteiger partial charge in [-0.3, -0.25) is 9.18 Å². The van der Waals surface area contributed by atoms with Gasteiger partial charge in [-0.2, -0.15) is 22.9 Å². The monoisotopic (exact) mass is 747 g/mol. The fraction of sp³-hybridized carbons (Fsp3) is 0.639. The predicted molar refractivity (Wildman–Crippen MR) is 196 cm³/mol. The third-order valence-corrected chi connectivity index (χ3v) is 9.50. The smallest absolute Gasteiger partial charge is 0.437 e. The first-order valence-corrected chi connectivity index (χ1v) is 20.2. The molecule has 0 bridgehead atoms. The zero-order valence-electron chi connectivity index (χ0n) is 30.0. The van der Waals surface area contributed by atoms with E-state index in [2.05, 4.69) is 24.5 Å². The van der Waals surface area contributed by atoms with Gasteiger partial charge in [0.05, 0.1) is 24.7 Å². The number of benzene rings is 2. The van der Waals surface area contributed by atoms with Crippen LogP contribution in [0.25, 0.3) is 0 Å². The Hall–Kier alpha value is -2.52. The third-order valence-electron chi connectivity index (χ3n) is 7.73. The number of nitrogens with one attached hydrogen (secondary N) is 1. The summed E-state index contributed by atoms with van der Waals surface area (Å²) in [4.78, 5) is 1.92. The number of hydrogen-bond donors (Lipinski definition) is 1. The van der Waals surface area contributed by atoms with Crippen LogP contribution in [0.4, 0.5) is 13.2 Å². The molecule has 2 aromatic rings. The van der Waals surface area contributed by atoms with Crippen LogP contribution in [0.5, 0.6) is 11.5 Å². The molecular weight excluding hydrogens is 692 g/mol. The van der Waals surface area contributed by atoms with Crippen molar-refractivity contribution in [2.75, 3.05) is 38.8 Å². The molecule has 284 valence electrons. The molecule has 0 saturated carbocycles. The SMILES string of the molecule is CCCCCCCCS(=O)O/N=C(/c1ccc(OCCCOc2ccc(C(NOS(=O)CCCCCCCC)N(C)C)cc2)cc1)C(F)(F)F. The van der Waals surface area contributed by atoms with Crippen LogP contribution in [0.3, 0.4) is 0 Å². The first kappa shape index (κ1) is 43.6. The molecule has 3 atom stereocenters. The summed E-state index contributed by atoms with van der Waals surface area (Å²) in [5.41, 5.74) is 2.37. The van der Waals surface area contributed by atoms with E-state index in [1.54, 1.807) is 0 Å². The van der Waals surface area contributed by atoms with Crippen LogP contribution in [-0.4, -0.2) is 64.0 Å². The molecule has 2 aromatic carbocycles. The van der Waals surface area contributed by atoms with Gasteiger partial charge in [0.25, 0.3) is 0 Å². The van der Waals surface area contributed by atoms with Crippen LogP contribution >= 0.6 is 0 Å². The number of hydroxylamine groups is 1. The van der Waals surface area contributed by atoms with Gasteiger partial charge in [-0.25, -0.2) is 8.42 Å². The highest BCUT2D eigenvalue weighted by molar-refractivity contribution is 7.80. The van der Waals surface area contributed by atoms with Gasteiger partial charge in [-0.15, -0.1) is 0 Å². The molecule has 50 heavy (non-hydrogen) atoms. The van der Waals surface area contributed by atoms with E-state index in [1.807, 2.05) is 43.3 Å². The molecule has 1 N–H and O–H groups in total. The van der Waals surface area contributed by atoms with Crippen molar-refractivity contribution in [1.82, 2.24) is 10.4 Å². The van der Waals surface area contributed by atoms with Crippen molar-refractivity contribution < 1.29 is 39.6 Å². The molecule has 0 aliphatic carbocycles. The van der Waals surface area contributed by atoms with Gasteiger partial charge in [0, 0.05) is 12.0 Å².